The van der Waals surface area contributed by atoms with Crippen molar-refractivity contribution in [1.82, 2.24) is 15.1 Å². The molecule has 1 heterocycles. The quantitative estimate of drug-likeness (QED) is 0.850. The number of rotatable bonds is 6. The van der Waals surface area contributed by atoms with E-state index in [0.29, 0.717) is 12.2 Å². The monoisotopic (exact) mass is 315 g/mol. The van der Waals surface area contributed by atoms with E-state index in [4.69, 9.17) is 4.74 Å². The summed E-state index contributed by atoms with van der Waals surface area (Å²) < 4.78 is 6.87. The Labute approximate surface area is 135 Å². The Morgan fingerprint density at radius 3 is 2.65 bits per heavy atom. The van der Waals surface area contributed by atoms with Crippen LogP contribution in [0, 0.1) is 12.3 Å². The molecule has 1 aromatic heterocycles. The van der Waals surface area contributed by atoms with Crippen LogP contribution >= 0.6 is 0 Å². The van der Waals surface area contributed by atoms with Crippen molar-refractivity contribution in [1.29, 1.82) is 0 Å². The van der Waals surface area contributed by atoms with Crippen molar-refractivity contribution >= 4 is 5.91 Å². The molecule has 0 atom stereocenters. The largest absolute Gasteiger partial charge is 0.497 e. The highest BCUT2D eigenvalue weighted by atomic mass is 16.5. The zero-order valence-corrected chi connectivity index (χ0v) is 13.4. The van der Waals surface area contributed by atoms with E-state index in [0.717, 1.165) is 30.0 Å². The number of aromatic nitrogens is 2. The fourth-order valence-electron chi connectivity index (χ4n) is 2.50. The average molecular weight is 315 g/mol. The molecule has 23 heavy (non-hydrogen) atoms. The molecule has 3 rings (SSSR count). The van der Waals surface area contributed by atoms with Crippen molar-refractivity contribution in [3.63, 3.8) is 0 Å². The summed E-state index contributed by atoms with van der Waals surface area (Å²) >= 11 is 0. The Morgan fingerprint density at radius 1 is 1.39 bits per heavy atom. The maximum Gasteiger partial charge on any atom is 0.271 e. The van der Waals surface area contributed by atoms with Crippen LogP contribution in [0.4, 0.5) is 0 Å². The summed E-state index contributed by atoms with van der Waals surface area (Å²) in [6.45, 7) is 2.52. The maximum absolute atomic E-state index is 12.2. The normalized spacial score (nSPS) is 15.3. The Morgan fingerprint density at radius 2 is 2.09 bits per heavy atom. The Hall–Kier alpha value is -2.34. The summed E-state index contributed by atoms with van der Waals surface area (Å²) in [4.78, 5) is 12.2. The molecule has 1 saturated carbocycles. The minimum absolute atomic E-state index is 0.108. The third-order valence-corrected chi connectivity index (χ3v) is 4.35. The van der Waals surface area contributed by atoms with E-state index in [1.165, 1.54) is 0 Å². The molecule has 2 aromatic rings. The van der Waals surface area contributed by atoms with Gasteiger partial charge in [-0.1, -0.05) is 0 Å². The summed E-state index contributed by atoms with van der Waals surface area (Å²) in [6, 6.07) is 9.26. The van der Waals surface area contributed by atoms with Gasteiger partial charge in [0.1, 0.15) is 5.75 Å². The summed E-state index contributed by atoms with van der Waals surface area (Å²) in [7, 11) is 1.62. The number of hydrogen-bond donors (Lipinski definition) is 2. The second-order valence-electron chi connectivity index (χ2n) is 6.12. The molecule has 122 valence electrons. The predicted octanol–water partition coefficient (Wildman–Crippen LogP) is 1.69. The molecular weight excluding hydrogens is 294 g/mol. The number of carbonyl (C=O) groups excluding carboxylic acids is 1. The first kappa shape index (κ1) is 15.6. The van der Waals surface area contributed by atoms with Crippen LogP contribution in [-0.4, -0.2) is 41.1 Å². The fraction of sp³-hybridized carbons (Fsp3) is 0.412. The lowest BCUT2D eigenvalue weighted by molar-refractivity contribution is 0.0930. The lowest BCUT2D eigenvalue weighted by Gasteiger charge is -2.11. The molecule has 6 nitrogen and oxygen atoms in total. The van der Waals surface area contributed by atoms with Crippen molar-refractivity contribution in [2.75, 3.05) is 20.3 Å². The van der Waals surface area contributed by atoms with Gasteiger partial charge in [-0.2, -0.15) is 5.10 Å². The summed E-state index contributed by atoms with van der Waals surface area (Å²) in [6.07, 6.45) is 1.92. The van der Waals surface area contributed by atoms with Gasteiger partial charge >= 0.3 is 0 Å². The standard InChI is InChI=1S/C17H21N3O3/c1-12-9-15(16(22)18-10-17(11-21)7-8-17)19-20(12)13-3-5-14(23-2)6-4-13/h3-6,9,21H,7-8,10-11H2,1-2H3,(H,18,22). The first-order valence-corrected chi connectivity index (χ1v) is 7.67. The van der Waals surface area contributed by atoms with E-state index in [1.54, 1.807) is 17.9 Å². The van der Waals surface area contributed by atoms with E-state index in [1.807, 2.05) is 31.2 Å². The zero-order valence-electron chi connectivity index (χ0n) is 13.4. The third kappa shape index (κ3) is 3.22. The maximum atomic E-state index is 12.2. The Bertz CT molecular complexity index is 702. The molecule has 0 bridgehead atoms. The second kappa shape index (κ2) is 6.04. The van der Waals surface area contributed by atoms with E-state index in [2.05, 4.69) is 10.4 Å². The highest BCUT2D eigenvalue weighted by molar-refractivity contribution is 5.92. The van der Waals surface area contributed by atoms with Crippen LogP contribution in [0.15, 0.2) is 30.3 Å². The number of aryl methyl sites for hydroxylation is 1. The fourth-order valence-corrected chi connectivity index (χ4v) is 2.50. The van der Waals surface area contributed by atoms with Gasteiger partial charge in [0, 0.05) is 17.7 Å². The van der Waals surface area contributed by atoms with Crippen molar-refractivity contribution < 1.29 is 14.6 Å². The first-order valence-electron chi connectivity index (χ1n) is 7.67. The van der Waals surface area contributed by atoms with Gasteiger partial charge in [-0.3, -0.25) is 4.79 Å². The molecule has 0 radical (unpaired) electrons. The van der Waals surface area contributed by atoms with Gasteiger partial charge in [0.15, 0.2) is 5.69 Å². The van der Waals surface area contributed by atoms with Gasteiger partial charge in [-0.15, -0.1) is 0 Å². The van der Waals surface area contributed by atoms with E-state index >= 15 is 0 Å². The molecule has 1 amide bonds. The number of amides is 1. The Kier molecular flexibility index (Phi) is 4.09. The SMILES string of the molecule is COc1ccc(-n2nc(C(=O)NCC3(CO)CC3)cc2C)cc1. The molecule has 1 aliphatic carbocycles. The van der Waals surface area contributed by atoms with Gasteiger partial charge in [0.2, 0.25) is 0 Å². The zero-order chi connectivity index (χ0) is 16.4. The van der Waals surface area contributed by atoms with Crippen molar-refractivity contribution in [3.05, 3.63) is 41.7 Å². The third-order valence-electron chi connectivity index (χ3n) is 4.35. The second-order valence-corrected chi connectivity index (χ2v) is 6.12. The van der Waals surface area contributed by atoms with E-state index in [9.17, 15) is 9.90 Å². The molecule has 0 saturated heterocycles. The predicted molar refractivity (Wildman–Crippen MR) is 85.9 cm³/mol. The van der Waals surface area contributed by atoms with Crippen molar-refractivity contribution in [2.45, 2.75) is 19.8 Å². The number of hydrogen-bond acceptors (Lipinski definition) is 4. The van der Waals surface area contributed by atoms with Crippen molar-refractivity contribution in [3.8, 4) is 11.4 Å². The Balaban J connectivity index is 1.73. The molecule has 0 unspecified atom stereocenters. The van der Waals surface area contributed by atoms with Gasteiger partial charge < -0.3 is 15.2 Å². The van der Waals surface area contributed by atoms with Crippen LogP contribution in [-0.2, 0) is 0 Å². The lowest BCUT2D eigenvalue weighted by atomic mass is 10.1. The van der Waals surface area contributed by atoms with Crippen LogP contribution in [0.3, 0.4) is 0 Å². The minimum atomic E-state index is -0.208. The topological polar surface area (TPSA) is 76.4 Å². The van der Waals surface area contributed by atoms with Gasteiger partial charge in [0.25, 0.3) is 5.91 Å². The first-order chi connectivity index (χ1) is 11.1. The molecular formula is C17H21N3O3. The number of benzene rings is 1. The number of aliphatic hydroxyl groups excluding tert-OH is 1. The molecule has 6 heteroatoms. The smallest absolute Gasteiger partial charge is 0.271 e. The highest BCUT2D eigenvalue weighted by Gasteiger charge is 2.42. The molecule has 0 aliphatic heterocycles. The number of ether oxygens (including phenoxy) is 1. The van der Waals surface area contributed by atoms with Crippen molar-refractivity contribution in [2.24, 2.45) is 5.41 Å². The molecule has 1 aromatic carbocycles. The highest BCUT2D eigenvalue weighted by Crippen LogP contribution is 2.44. The van der Waals surface area contributed by atoms with Crippen LogP contribution in [0.5, 0.6) is 5.75 Å². The summed E-state index contributed by atoms with van der Waals surface area (Å²) in [5, 5.41) is 16.6. The van der Waals surface area contributed by atoms with Gasteiger partial charge in [0.05, 0.1) is 19.4 Å². The number of nitrogens with zero attached hydrogens (tertiary/aromatic N) is 2. The van der Waals surface area contributed by atoms with Crippen LogP contribution in [0.1, 0.15) is 29.0 Å². The number of methoxy groups -OCH3 is 1. The average Bonchev–Trinajstić information content (AvgIpc) is 3.27. The lowest BCUT2D eigenvalue weighted by Crippen LogP contribution is -2.32. The van der Waals surface area contributed by atoms with Crippen LogP contribution in [0.2, 0.25) is 0 Å². The molecule has 2 N–H and O–H groups in total. The molecule has 1 aliphatic rings. The summed E-state index contributed by atoms with van der Waals surface area (Å²) in [5.41, 5.74) is 2.02. The van der Waals surface area contributed by atoms with Gasteiger partial charge in [-0.05, 0) is 50.1 Å². The van der Waals surface area contributed by atoms with E-state index < -0.39 is 0 Å². The molecule has 1 fully saturated rings. The van der Waals surface area contributed by atoms with Crippen LogP contribution in [0.25, 0.3) is 5.69 Å². The number of carbonyl (C=O) groups is 1. The number of nitrogens with one attached hydrogen (secondary N) is 1. The van der Waals surface area contributed by atoms with E-state index in [-0.39, 0.29) is 17.9 Å². The molecule has 0 spiro atoms. The van der Waals surface area contributed by atoms with Gasteiger partial charge in [-0.25, -0.2) is 4.68 Å². The number of aliphatic hydroxyl groups is 1. The van der Waals surface area contributed by atoms with Crippen LogP contribution < -0.4 is 10.1 Å². The minimum Gasteiger partial charge on any atom is -0.497 e. The summed E-state index contributed by atoms with van der Waals surface area (Å²) in [5.74, 6) is 0.565.